The Morgan fingerprint density at radius 1 is 1.20 bits per heavy atom. The summed E-state index contributed by atoms with van der Waals surface area (Å²) in [5.41, 5.74) is 4.49. The molecule has 1 rings (SSSR count). The third kappa shape index (κ3) is 3.46. The van der Waals surface area contributed by atoms with Crippen molar-refractivity contribution in [3.63, 3.8) is 0 Å². The van der Waals surface area contributed by atoms with Gasteiger partial charge in [0, 0.05) is 23.2 Å². The van der Waals surface area contributed by atoms with Gasteiger partial charge >= 0.3 is 0 Å². The van der Waals surface area contributed by atoms with Crippen LogP contribution in [0.5, 0.6) is 0 Å². The molecule has 0 saturated carbocycles. The first kappa shape index (κ1) is 11.9. The Morgan fingerprint density at radius 2 is 1.80 bits per heavy atom. The van der Waals surface area contributed by atoms with Crippen molar-refractivity contribution in [2.24, 2.45) is 4.99 Å². The van der Waals surface area contributed by atoms with Gasteiger partial charge in [0.25, 0.3) is 0 Å². The zero-order chi connectivity index (χ0) is 11.6. The fourth-order valence-electron chi connectivity index (χ4n) is 1.49. The molecule has 15 heavy (non-hydrogen) atoms. The van der Waals surface area contributed by atoms with Crippen molar-refractivity contribution in [2.75, 3.05) is 0 Å². The van der Waals surface area contributed by atoms with Crippen molar-refractivity contribution in [3.8, 4) is 0 Å². The van der Waals surface area contributed by atoms with E-state index in [0.717, 1.165) is 17.0 Å². The van der Waals surface area contributed by atoms with Gasteiger partial charge in [-0.25, -0.2) is 0 Å². The fourth-order valence-corrected chi connectivity index (χ4v) is 1.49. The number of hydrogen-bond acceptors (Lipinski definition) is 2. The van der Waals surface area contributed by atoms with Crippen LogP contribution in [0.2, 0.25) is 0 Å². The molecule has 0 N–H and O–H groups in total. The second-order valence-electron chi connectivity index (χ2n) is 5.01. The van der Waals surface area contributed by atoms with Gasteiger partial charge in [-0.1, -0.05) is 0 Å². The second-order valence-corrected chi connectivity index (χ2v) is 5.01. The molecule has 0 atom stereocenters. The van der Waals surface area contributed by atoms with Crippen LogP contribution in [-0.4, -0.2) is 16.7 Å². The van der Waals surface area contributed by atoms with Crippen LogP contribution in [0, 0.1) is 20.8 Å². The molecule has 0 saturated heterocycles. The van der Waals surface area contributed by atoms with E-state index in [9.17, 15) is 0 Å². The molecule has 0 aliphatic rings. The van der Waals surface area contributed by atoms with Crippen LogP contribution in [0.4, 0.5) is 0 Å². The molecule has 0 radical (unpaired) electrons. The maximum atomic E-state index is 4.51. The molecule has 0 aliphatic carbocycles. The van der Waals surface area contributed by atoms with Gasteiger partial charge in [0.15, 0.2) is 0 Å². The van der Waals surface area contributed by atoms with Crippen molar-refractivity contribution >= 4 is 6.21 Å². The second kappa shape index (κ2) is 4.13. The molecule has 0 aliphatic heterocycles. The summed E-state index contributed by atoms with van der Waals surface area (Å²) in [5, 5.41) is 0. The largest absolute Gasteiger partial charge is 0.287 e. The van der Waals surface area contributed by atoms with E-state index < -0.39 is 0 Å². The summed E-state index contributed by atoms with van der Waals surface area (Å²) in [4.78, 5) is 8.96. The number of pyridine rings is 1. The van der Waals surface area contributed by atoms with Crippen LogP contribution in [-0.2, 0) is 0 Å². The first-order valence-electron chi connectivity index (χ1n) is 5.30. The number of hydrogen-bond donors (Lipinski definition) is 0. The maximum absolute atomic E-state index is 4.51. The molecule has 0 fully saturated rings. The molecule has 2 heteroatoms. The normalized spacial score (nSPS) is 12.4. The van der Waals surface area contributed by atoms with Crippen molar-refractivity contribution in [1.82, 2.24) is 4.98 Å². The Labute approximate surface area is 92.5 Å². The average Bonchev–Trinajstić information content (AvgIpc) is 1.99. The third-order valence-electron chi connectivity index (χ3n) is 2.17. The van der Waals surface area contributed by atoms with Crippen molar-refractivity contribution in [1.29, 1.82) is 0 Å². The van der Waals surface area contributed by atoms with E-state index in [4.69, 9.17) is 0 Å². The highest BCUT2D eigenvalue weighted by Gasteiger charge is 2.07. The molecule has 0 unspecified atom stereocenters. The van der Waals surface area contributed by atoms with Gasteiger partial charge in [-0.05, 0) is 53.2 Å². The number of nitrogens with zero attached hydrogens (tertiary/aromatic N) is 2. The van der Waals surface area contributed by atoms with Crippen molar-refractivity contribution < 1.29 is 0 Å². The fraction of sp³-hybridized carbons (Fsp3) is 0.538. The number of rotatable bonds is 1. The first-order valence-corrected chi connectivity index (χ1v) is 5.30. The molecule has 1 aromatic heterocycles. The Balaban J connectivity index is 3.11. The lowest BCUT2D eigenvalue weighted by Gasteiger charge is -2.12. The monoisotopic (exact) mass is 204 g/mol. The number of aromatic nitrogens is 1. The highest BCUT2D eigenvalue weighted by atomic mass is 14.8. The van der Waals surface area contributed by atoms with E-state index >= 15 is 0 Å². The number of aliphatic imine (C=N–C) groups is 1. The molecule has 2 nitrogen and oxygen atoms in total. The smallest absolute Gasteiger partial charge is 0.0524 e. The van der Waals surface area contributed by atoms with Gasteiger partial charge in [-0.2, -0.15) is 0 Å². The summed E-state index contributed by atoms with van der Waals surface area (Å²) in [7, 11) is 0. The standard InChI is InChI=1S/C13H20N2/c1-9-7-10(2)15-11(3)12(9)8-14-13(4,5)6/h7-8H,1-6H3. The molecule has 0 bridgehead atoms. The Hall–Kier alpha value is -1.18. The summed E-state index contributed by atoms with van der Waals surface area (Å²) < 4.78 is 0. The lowest BCUT2D eigenvalue weighted by molar-refractivity contribution is 0.586. The van der Waals surface area contributed by atoms with E-state index in [1.54, 1.807) is 0 Å². The highest BCUT2D eigenvalue weighted by molar-refractivity contribution is 5.83. The summed E-state index contributed by atoms with van der Waals surface area (Å²) in [6, 6.07) is 2.09. The predicted octanol–water partition coefficient (Wildman–Crippen LogP) is 3.22. The van der Waals surface area contributed by atoms with Gasteiger partial charge in [0.1, 0.15) is 0 Å². The van der Waals surface area contributed by atoms with Crippen LogP contribution in [0.3, 0.4) is 0 Å². The van der Waals surface area contributed by atoms with E-state index in [2.05, 4.69) is 43.7 Å². The summed E-state index contributed by atoms with van der Waals surface area (Å²) in [6.45, 7) is 12.4. The van der Waals surface area contributed by atoms with Gasteiger partial charge in [0.05, 0.1) is 5.54 Å². The molecule has 0 aromatic carbocycles. The molecule has 0 amide bonds. The minimum atomic E-state index is -0.0240. The van der Waals surface area contributed by atoms with E-state index in [-0.39, 0.29) is 5.54 Å². The Morgan fingerprint density at radius 3 is 2.27 bits per heavy atom. The SMILES string of the molecule is Cc1cc(C)c(C=NC(C)(C)C)c(C)n1. The molecular weight excluding hydrogens is 184 g/mol. The van der Waals surface area contributed by atoms with E-state index in [1.807, 2.05) is 20.1 Å². The van der Waals surface area contributed by atoms with Gasteiger partial charge in [-0.15, -0.1) is 0 Å². The lowest BCUT2D eigenvalue weighted by atomic mass is 10.1. The Kier molecular flexibility index (Phi) is 3.28. The van der Waals surface area contributed by atoms with Gasteiger partial charge in [-0.3, -0.25) is 9.98 Å². The molecule has 1 heterocycles. The van der Waals surface area contributed by atoms with Crippen LogP contribution in [0.1, 0.15) is 43.3 Å². The molecule has 0 spiro atoms. The lowest BCUT2D eigenvalue weighted by Crippen LogP contribution is -2.10. The summed E-state index contributed by atoms with van der Waals surface area (Å²) >= 11 is 0. The third-order valence-corrected chi connectivity index (χ3v) is 2.17. The topological polar surface area (TPSA) is 25.2 Å². The summed E-state index contributed by atoms with van der Waals surface area (Å²) in [6.07, 6.45) is 1.94. The van der Waals surface area contributed by atoms with E-state index in [1.165, 1.54) is 5.56 Å². The average molecular weight is 204 g/mol. The Bertz CT molecular complexity index is 361. The molecule has 82 valence electrons. The quantitative estimate of drug-likeness (QED) is 0.645. The zero-order valence-electron chi connectivity index (χ0n) is 10.5. The molecular formula is C13H20N2. The maximum Gasteiger partial charge on any atom is 0.0524 e. The first-order chi connectivity index (χ1) is 6.79. The van der Waals surface area contributed by atoms with E-state index in [0.29, 0.717) is 0 Å². The summed E-state index contributed by atoms with van der Waals surface area (Å²) in [5.74, 6) is 0. The van der Waals surface area contributed by atoms with Crippen LogP contribution >= 0.6 is 0 Å². The van der Waals surface area contributed by atoms with Crippen molar-refractivity contribution in [3.05, 3.63) is 28.6 Å². The van der Waals surface area contributed by atoms with Crippen molar-refractivity contribution in [2.45, 2.75) is 47.1 Å². The van der Waals surface area contributed by atoms with Crippen LogP contribution in [0.25, 0.3) is 0 Å². The van der Waals surface area contributed by atoms with Gasteiger partial charge < -0.3 is 0 Å². The zero-order valence-corrected chi connectivity index (χ0v) is 10.5. The number of aryl methyl sites for hydroxylation is 3. The minimum absolute atomic E-state index is 0.0240. The van der Waals surface area contributed by atoms with Gasteiger partial charge in [0.2, 0.25) is 0 Å². The van der Waals surface area contributed by atoms with Crippen LogP contribution < -0.4 is 0 Å². The molecule has 1 aromatic rings. The predicted molar refractivity (Wildman–Crippen MR) is 65.8 cm³/mol. The minimum Gasteiger partial charge on any atom is -0.287 e. The van der Waals surface area contributed by atoms with Crippen LogP contribution in [0.15, 0.2) is 11.1 Å². The highest BCUT2D eigenvalue weighted by Crippen LogP contribution is 2.13.